The summed E-state index contributed by atoms with van der Waals surface area (Å²) in [6.45, 7) is 5.79. The van der Waals surface area contributed by atoms with E-state index in [-0.39, 0.29) is 6.29 Å². The lowest BCUT2D eigenvalue weighted by Crippen LogP contribution is -2.15. The van der Waals surface area contributed by atoms with Crippen molar-refractivity contribution in [1.29, 1.82) is 0 Å². The van der Waals surface area contributed by atoms with Crippen LogP contribution in [-0.4, -0.2) is 26.1 Å². The third-order valence-electron chi connectivity index (χ3n) is 2.62. The predicted molar refractivity (Wildman–Crippen MR) is 67.0 cm³/mol. The van der Waals surface area contributed by atoms with Gasteiger partial charge in [-0.1, -0.05) is 18.2 Å². The van der Waals surface area contributed by atoms with Crippen LogP contribution in [0.2, 0.25) is 0 Å². The zero-order valence-electron chi connectivity index (χ0n) is 10.3. The van der Waals surface area contributed by atoms with Crippen molar-refractivity contribution in [2.45, 2.75) is 20.1 Å². The van der Waals surface area contributed by atoms with Crippen molar-refractivity contribution in [3.05, 3.63) is 35.9 Å². The molecule has 0 atom stereocenters. The van der Waals surface area contributed by atoms with Crippen molar-refractivity contribution in [3.63, 3.8) is 0 Å². The molecule has 0 aliphatic carbocycles. The largest absolute Gasteiger partial charge is 0.488 e. The van der Waals surface area contributed by atoms with Gasteiger partial charge in [0.2, 0.25) is 0 Å². The van der Waals surface area contributed by atoms with Crippen LogP contribution in [0.1, 0.15) is 19.4 Å². The molecule has 0 saturated heterocycles. The first-order valence-electron chi connectivity index (χ1n) is 6.01. The minimum atomic E-state index is -0.283. The fraction of sp³-hybridized carbons (Fsp3) is 0.429. The van der Waals surface area contributed by atoms with E-state index in [4.69, 9.17) is 14.2 Å². The Hall–Kier alpha value is -1.32. The van der Waals surface area contributed by atoms with E-state index < -0.39 is 0 Å². The second kappa shape index (κ2) is 5.84. The summed E-state index contributed by atoms with van der Waals surface area (Å²) >= 11 is 0. The maximum Gasteiger partial charge on any atom is 0.177 e. The van der Waals surface area contributed by atoms with Gasteiger partial charge in [-0.25, -0.2) is 0 Å². The Bertz CT molecular complexity index is 392. The van der Waals surface area contributed by atoms with Crippen molar-refractivity contribution in [2.75, 3.05) is 19.8 Å². The molecular weight excluding hydrogens is 216 g/mol. The number of fused-ring (bicyclic) bond motifs is 1. The molecule has 0 spiro atoms. The molecule has 17 heavy (non-hydrogen) atoms. The van der Waals surface area contributed by atoms with Crippen LogP contribution in [-0.2, 0) is 9.47 Å². The second-order valence-electron chi connectivity index (χ2n) is 3.76. The predicted octanol–water partition coefficient (Wildman–Crippen LogP) is 2.86. The number of rotatable bonds is 5. The van der Waals surface area contributed by atoms with Crippen LogP contribution < -0.4 is 4.74 Å². The Kier molecular flexibility index (Phi) is 4.18. The van der Waals surface area contributed by atoms with Gasteiger partial charge in [0.05, 0.1) is 0 Å². The highest BCUT2D eigenvalue weighted by atomic mass is 16.7. The Morgan fingerprint density at radius 3 is 2.65 bits per heavy atom. The average molecular weight is 234 g/mol. The van der Waals surface area contributed by atoms with Crippen molar-refractivity contribution in [3.8, 4) is 5.75 Å². The molecule has 0 unspecified atom stereocenters. The average Bonchev–Trinajstić information content (AvgIpc) is 2.74. The van der Waals surface area contributed by atoms with E-state index in [1.807, 2.05) is 38.1 Å². The van der Waals surface area contributed by atoms with E-state index in [2.05, 4.69) is 6.07 Å². The van der Waals surface area contributed by atoms with Crippen LogP contribution in [0.5, 0.6) is 5.75 Å². The summed E-state index contributed by atoms with van der Waals surface area (Å²) in [6.07, 6.45) is 1.72. The van der Waals surface area contributed by atoms with Gasteiger partial charge in [0.15, 0.2) is 6.29 Å². The Morgan fingerprint density at radius 1 is 1.24 bits per heavy atom. The van der Waals surface area contributed by atoms with Gasteiger partial charge in [-0.15, -0.1) is 0 Å². The minimum Gasteiger partial charge on any atom is -0.488 e. The molecule has 0 aromatic heterocycles. The number of ether oxygens (including phenoxy) is 3. The molecule has 0 saturated carbocycles. The lowest BCUT2D eigenvalue weighted by molar-refractivity contribution is -0.103. The van der Waals surface area contributed by atoms with E-state index in [0.29, 0.717) is 19.8 Å². The standard InChI is InChI=1S/C14H18O3/c1-3-15-14(16-4-2)9-11-10-17-13-8-6-5-7-12(11)13/h5-9,14H,3-4,10H2,1-2H3/b11-9-. The lowest BCUT2D eigenvalue weighted by atomic mass is 10.1. The summed E-state index contributed by atoms with van der Waals surface area (Å²) < 4.78 is 16.6. The monoisotopic (exact) mass is 234 g/mol. The van der Waals surface area contributed by atoms with Crippen molar-refractivity contribution in [1.82, 2.24) is 0 Å². The maximum atomic E-state index is 5.59. The lowest BCUT2D eigenvalue weighted by Gasteiger charge is -2.13. The molecule has 0 amide bonds. The molecule has 1 aliphatic rings. The first-order valence-corrected chi connectivity index (χ1v) is 6.01. The molecule has 0 fully saturated rings. The minimum absolute atomic E-state index is 0.283. The van der Waals surface area contributed by atoms with Crippen molar-refractivity contribution in [2.24, 2.45) is 0 Å². The summed E-state index contributed by atoms with van der Waals surface area (Å²) in [5.41, 5.74) is 2.27. The summed E-state index contributed by atoms with van der Waals surface area (Å²) in [6, 6.07) is 8.03. The number of hydrogen-bond acceptors (Lipinski definition) is 3. The third-order valence-corrected chi connectivity index (χ3v) is 2.62. The van der Waals surface area contributed by atoms with E-state index in [1.54, 1.807) is 0 Å². The Labute approximate surface area is 102 Å². The normalized spacial score (nSPS) is 16.3. The third kappa shape index (κ3) is 2.87. The van der Waals surface area contributed by atoms with Crippen LogP contribution in [0.3, 0.4) is 0 Å². The van der Waals surface area contributed by atoms with E-state index in [0.717, 1.165) is 16.9 Å². The highest BCUT2D eigenvalue weighted by molar-refractivity contribution is 5.74. The number of para-hydroxylation sites is 1. The van der Waals surface area contributed by atoms with Crippen LogP contribution in [0.15, 0.2) is 30.3 Å². The molecular formula is C14H18O3. The molecule has 1 aliphatic heterocycles. The van der Waals surface area contributed by atoms with Gasteiger partial charge < -0.3 is 14.2 Å². The fourth-order valence-corrected chi connectivity index (χ4v) is 1.87. The van der Waals surface area contributed by atoms with Crippen LogP contribution >= 0.6 is 0 Å². The SMILES string of the molecule is CCOC(/C=C1/COc2ccccc21)OCC. The molecule has 3 nitrogen and oxygen atoms in total. The van der Waals surface area contributed by atoms with Gasteiger partial charge in [0.1, 0.15) is 12.4 Å². The molecule has 0 bridgehead atoms. The van der Waals surface area contributed by atoms with Gasteiger partial charge in [-0.05, 0) is 26.0 Å². The Balaban J connectivity index is 2.17. The second-order valence-corrected chi connectivity index (χ2v) is 3.76. The summed E-state index contributed by atoms with van der Waals surface area (Å²) in [5, 5.41) is 0. The van der Waals surface area contributed by atoms with E-state index in [1.165, 1.54) is 0 Å². The smallest absolute Gasteiger partial charge is 0.177 e. The number of hydrogen-bond donors (Lipinski definition) is 0. The summed E-state index contributed by atoms with van der Waals surface area (Å²) in [5.74, 6) is 0.936. The molecule has 92 valence electrons. The maximum absolute atomic E-state index is 5.59. The van der Waals surface area contributed by atoms with Gasteiger partial charge >= 0.3 is 0 Å². The summed E-state index contributed by atoms with van der Waals surface area (Å²) in [7, 11) is 0. The molecule has 1 aromatic carbocycles. The Morgan fingerprint density at radius 2 is 1.94 bits per heavy atom. The highest BCUT2D eigenvalue weighted by Gasteiger charge is 2.18. The van der Waals surface area contributed by atoms with Gasteiger partial charge in [-0.2, -0.15) is 0 Å². The zero-order chi connectivity index (χ0) is 12.1. The number of benzene rings is 1. The topological polar surface area (TPSA) is 27.7 Å². The first-order chi connectivity index (χ1) is 8.35. The summed E-state index contributed by atoms with van der Waals surface area (Å²) in [4.78, 5) is 0. The van der Waals surface area contributed by atoms with E-state index in [9.17, 15) is 0 Å². The molecule has 0 N–H and O–H groups in total. The molecule has 1 aromatic rings. The first kappa shape index (κ1) is 12.1. The highest BCUT2D eigenvalue weighted by Crippen LogP contribution is 2.32. The van der Waals surface area contributed by atoms with E-state index >= 15 is 0 Å². The van der Waals surface area contributed by atoms with Crippen molar-refractivity contribution >= 4 is 5.57 Å². The van der Waals surface area contributed by atoms with Gasteiger partial charge in [-0.3, -0.25) is 0 Å². The zero-order valence-corrected chi connectivity index (χ0v) is 10.3. The van der Waals surface area contributed by atoms with Crippen molar-refractivity contribution < 1.29 is 14.2 Å². The van der Waals surface area contributed by atoms with Crippen LogP contribution in [0.4, 0.5) is 0 Å². The van der Waals surface area contributed by atoms with Gasteiger partial charge in [0, 0.05) is 24.4 Å². The fourth-order valence-electron chi connectivity index (χ4n) is 1.87. The van der Waals surface area contributed by atoms with Crippen LogP contribution in [0.25, 0.3) is 5.57 Å². The molecule has 2 rings (SSSR count). The van der Waals surface area contributed by atoms with Crippen LogP contribution in [0, 0.1) is 0 Å². The van der Waals surface area contributed by atoms with Gasteiger partial charge in [0.25, 0.3) is 0 Å². The quantitative estimate of drug-likeness (QED) is 0.733. The molecule has 0 radical (unpaired) electrons. The molecule has 3 heteroatoms. The molecule has 1 heterocycles.